The lowest BCUT2D eigenvalue weighted by molar-refractivity contribution is 0.235. The number of nitrogens with zero attached hydrogens (tertiary/aromatic N) is 2. The molecule has 0 aliphatic carbocycles. The van der Waals surface area contributed by atoms with Crippen molar-refractivity contribution in [2.75, 3.05) is 40.9 Å². The molecule has 1 aliphatic rings. The maximum Gasteiger partial charge on any atom is 0.230 e. The Labute approximate surface area is 155 Å². The highest BCUT2D eigenvalue weighted by molar-refractivity contribution is 5.65. The summed E-state index contributed by atoms with van der Waals surface area (Å²) in [5.41, 5.74) is 1.77. The molecule has 1 aliphatic heterocycles. The molecule has 1 aromatic heterocycles. The van der Waals surface area contributed by atoms with Crippen LogP contribution in [0.1, 0.15) is 24.3 Å². The van der Waals surface area contributed by atoms with E-state index in [1.54, 1.807) is 14.2 Å². The molecule has 0 spiro atoms. The Morgan fingerprint density at radius 3 is 2.85 bits per heavy atom. The predicted molar refractivity (Wildman–Crippen MR) is 102 cm³/mol. The molecule has 0 radical (unpaired) electrons. The number of rotatable bonds is 7. The van der Waals surface area contributed by atoms with Crippen LogP contribution >= 0.6 is 0 Å². The van der Waals surface area contributed by atoms with Crippen LogP contribution in [0.2, 0.25) is 0 Å². The molecular formula is C20H29N3O3. The molecule has 1 unspecified atom stereocenters. The number of piperidine rings is 1. The van der Waals surface area contributed by atoms with E-state index in [0.29, 0.717) is 11.8 Å². The molecule has 0 amide bonds. The molecule has 0 saturated carbocycles. The Hall–Kier alpha value is -2.05. The zero-order valence-electron chi connectivity index (χ0n) is 16.2. The summed E-state index contributed by atoms with van der Waals surface area (Å²) in [6, 6.07) is 5.63. The molecule has 1 N–H and O–H groups in total. The van der Waals surface area contributed by atoms with Crippen molar-refractivity contribution in [3.63, 3.8) is 0 Å². The molecule has 1 aromatic carbocycles. The van der Waals surface area contributed by atoms with E-state index in [4.69, 9.17) is 18.9 Å². The Morgan fingerprint density at radius 1 is 1.31 bits per heavy atom. The molecule has 6 heteroatoms. The van der Waals surface area contributed by atoms with Gasteiger partial charge >= 0.3 is 0 Å². The van der Waals surface area contributed by atoms with Gasteiger partial charge in [0.1, 0.15) is 17.3 Å². The van der Waals surface area contributed by atoms with Crippen molar-refractivity contribution in [2.24, 2.45) is 5.92 Å². The molecule has 2 heterocycles. The predicted octanol–water partition coefficient (Wildman–Crippen LogP) is 3.10. The van der Waals surface area contributed by atoms with Gasteiger partial charge in [-0.1, -0.05) is 0 Å². The van der Waals surface area contributed by atoms with Crippen molar-refractivity contribution in [3.05, 3.63) is 29.7 Å². The molecule has 142 valence electrons. The van der Waals surface area contributed by atoms with Gasteiger partial charge in [-0.15, -0.1) is 0 Å². The summed E-state index contributed by atoms with van der Waals surface area (Å²) >= 11 is 0. The molecule has 6 nitrogen and oxygen atoms in total. The fourth-order valence-corrected chi connectivity index (χ4v) is 3.51. The summed E-state index contributed by atoms with van der Waals surface area (Å²) in [6.07, 6.45) is 2.56. The van der Waals surface area contributed by atoms with Crippen LogP contribution in [-0.2, 0) is 6.54 Å². The number of benzene rings is 1. The van der Waals surface area contributed by atoms with Crippen LogP contribution in [0.3, 0.4) is 0 Å². The first-order valence-electron chi connectivity index (χ1n) is 9.18. The first-order valence-corrected chi connectivity index (χ1v) is 9.18. The molecule has 1 atom stereocenters. The third kappa shape index (κ3) is 4.37. The van der Waals surface area contributed by atoms with Crippen LogP contribution in [0.25, 0.3) is 11.5 Å². The largest absolute Gasteiger partial charge is 0.497 e. The highest BCUT2D eigenvalue weighted by atomic mass is 16.5. The molecule has 26 heavy (non-hydrogen) atoms. The number of oxazole rings is 1. The molecule has 1 fully saturated rings. The van der Waals surface area contributed by atoms with Gasteiger partial charge in [0.25, 0.3) is 0 Å². The quantitative estimate of drug-likeness (QED) is 0.820. The smallest absolute Gasteiger partial charge is 0.230 e. The number of ether oxygens (including phenoxy) is 2. The van der Waals surface area contributed by atoms with Gasteiger partial charge in [0.15, 0.2) is 0 Å². The number of nitrogens with one attached hydrogen (secondary N) is 1. The number of methoxy groups -OCH3 is 2. The second kappa shape index (κ2) is 8.56. The van der Waals surface area contributed by atoms with E-state index in [1.807, 2.05) is 25.1 Å². The lowest BCUT2D eigenvalue weighted by atomic mass is 9.99. The van der Waals surface area contributed by atoms with E-state index >= 15 is 0 Å². The Bertz CT molecular complexity index is 723. The highest BCUT2D eigenvalue weighted by Gasteiger charge is 2.19. The zero-order chi connectivity index (χ0) is 18.5. The number of hydrogen-bond donors (Lipinski definition) is 1. The Morgan fingerprint density at radius 2 is 2.15 bits per heavy atom. The summed E-state index contributed by atoms with van der Waals surface area (Å²) < 4.78 is 16.7. The zero-order valence-corrected chi connectivity index (χ0v) is 16.2. The Kier molecular flexibility index (Phi) is 6.16. The minimum atomic E-state index is 0.570. The van der Waals surface area contributed by atoms with Gasteiger partial charge in [-0.3, -0.25) is 0 Å². The van der Waals surface area contributed by atoms with Gasteiger partial charge in [0, 0.05) is 13.1 Å². The minimum absolute atomic E-state index is 0.570. The molecule has 2 aromatic rings. The van der Waals surface area contributed by atoms with Gasteiger partial charge < -0.3 is 24.1 Å². The van der Waals surface area contributed by atoms with Crippen molar-refractivity contribution >= 4 is 0 Å². The van der Waals surface area contributed by atoms with Crippen LogP contribution < -0.4 is 14.8 Å². The van der Waals surface area contributed by atoms with E-state index in [0.717, 1.165) is 54.7 Å². The SMILES string of the molecule is COc1ccc(OC)c(-c2nc(CN(C)CC3CCCNC3)c(C)o2)c1. The molecular weight excluding hydrogens is 330 g/mol. The normalized spacial score (nSPS) is 17.5. The number of aryl methyl sites for hydroxylation is 1. The third-order valence-corrected chi connectivity index (χ3v) is 4.92. The average molecular weight is 359 g/mol. The van der Waals surface area contributed by atoms with Crippen LogP contribution in [0.15, 0.2) is 22.6 Å². The average Bonchev–Trinajstić information content (AvgIpc) is 3.02. The van der Waals surface area contributed by atoms with Crippen LogP contribution in [0.4, 0.5) is 0 Å². The minimum Gasteiger partial charge on any atom is -0.497 e. The lowest BCUT2D eigenvalue weighted by Crippen LogP contribution is -2.36. The summed E-state index contributed by atoms with van der Waals surface area (Å²) in [4.78, 5) is 7.07. The summed E-state index contributed by atoms with van der Waals surface area (Å²) in [5, 5.41) is 3.48. The van der Waals surface area contributed by atoms with E-state index in [9.17, 15) is 0 Å². The highest BCUT2D eigenvalue weighted by Crippen LogP contribution is 2.34. The monoisotopic (exact) mass is 359 g/mol. The van der Waals surface area contributed by atoms with Gasteiger partial charge in [-0.05, 0) is 64.0 Å². The summed E-state index contributed by atoms with van der Waals surface area (Å²) in [6.45, 7) is 6.06. The van der Waals surface area contributed by atoms with Crippen molar-refractivity contribution in [1.29, 1.82) is 0 Å². The summed E-state index contributed by atoms with van der Waals surface area (Å²) in [7, 11) is 5.44. The first kappa shape index (κ1) is 18.7. The maximum atomic E-state index is 5.95. The Balaban J connectivity index is 1.74. The number of aromatic nitrogens is 1. The van der Waals surface area contributed by atoms with Gasteiger partial charge in [-0.25, -0.2) is 4.98 Å². The fraction of sp³-hybridized carbons (Fsp3) is 0.550. The van der Waals surface area contributed by atoms with Gasteiger partial charge in [0.05, 0.1) is 25.5 Å². The van der Waals surface area contributed by atoms with Gasteiger partial charge in [-0.2, -0.15) is 0 Å². The second-order valence-corrected chi connectivity index (χ2v) is 7.00. The summed E-state index contributed by atoms with van der Waals surface area (Å²) in [5.74, 6) is 3.60. The molecule has 3 rings (SSSR count). The fourth-order valence-electron chi connectivity index (χ4n) is 3.51. The van der Waals surface area contributed by atoms with Crippen molar-refractivity contribution < 1.29 is 13.9 Å². The van der Waals surface area contributed by atoms with Crippen molar-refractivity contribution in [1.82, 2.24) is 15.2 Å². The van der Waals surface area contributed by atoms with Crippen molar-refractivity contribution in [2.45, 2.75) is 26.3 Å². The number of hydrogen-bond acceptors (Lipinski definition) is 6. The third-order valence-electron chi connectivity index (χ3n) is 4.92. The van der Waals surface area contributed by atoms with E-state index in [1.165, 1.54) is 12.8 Å². The van der Waals surface area contributed by atoms with Crippen molar-refractivity contribution in [3.8, 4) is 23.0 Å². The molecule has 1 saturated heterocycles. The van der Waals surface area contributed by atoms with E-state index in [2.05, 4.69) is 17.3 Å². The molecule has 0 bridgehead atoms. The van der Waals surface area contributed by atoms with Crippen LogP contribution in [-0.4, -0.2) is 50.8 Å². The lowest BCUT2D eigenvalue weighted by Gasteiger charge is -2.27. The standard InChI is InChI=1S/C20H29N3O3/c1-14-18(13-23(2)12-15-6-5-9-21-11-15)22-20(26-14)17-10-16(24-3)7-8-19(17)25-4/h7-8,10,15,21H,5-6,9,11-13H2,1-4H3. The second-order valence-electron chi connectivity index (χ2n) is 7.00. The van der Waals surface area contributed by atoms with Gasteiger partial charge in [0.2, 0.25) is 5.89 Å². The van der Waals surface area contributed by atoms with Crippen LogP contribution in [0.5, 0.6) is 11.5 Å². The van der Waals surface area contributed by atoms with E-state index < -0.39 is 0 Å². The maximum absolute atomic E-state index is 5.95. The van der Waals surface area contributed by atoms with E-state index in [-0.39, 0.29) is 0 Å². The topological polar surface area (TPSA) is 59.8 Å². The van der Waals surface area contributed by atoms with Crippen LogP contribution in [0, 0.1) is 12.8 Å². The first-order chi connectivity index (χ1) is 12.6.